The van der Waals surface area contributed by atoms with Gasteiger partial charge in [-0.05, 0) is 36.2 Å². The summed E-state index contributed by atoms with van der Waals surface area (Å²) in [5, 5.41) is 1.96. The highest BCUT2D eigenvalue weighted by atomic mass is 35.5. The minimum atomic E-state index is -0.417. The molecule has 1 unspecified atom stereocenters. The standard InChI is InChI=1S/C24H26Cl2N6O.3ClH/c25-19-6-5-16(13-20(19)26)22(32-8-7-17(27)14-32)24(33)31-11-9-30(10-12-31)23-18-3-1-2-4-21(18)28-15-29-23;;;/h1-6,13,15,17,22H,7-12,14,27H2;3*1H/t17-,22?;;;/m1.../s1. The third-order valence-corrected chi connectivity index (χ3v) is 7.27. The van der Waals surface area contributed by atoms with Crippen LogP contribution in [0.25, 0.3) is 10.9 Å². The molecule has 0 saturated carbocycles. The van der Waals surface area contributed by atoms with Crippen LogP contribution in [0.1, 0.15) is 18.0 Å². The largest absolute Gasteiger partial charge is 0.352 e. The number of halogens is 5. The monoisotopic (exact) mass is 592 g/mol. The van der Waals surface area contributed by atoms with E-state index in [0.717, 1.165) is 35.2 Å². The Bertz CT molecular complexity index is 1170. The van der Waals surface area contributed by atoms with Gasteiger partial charge in [0, 0.05) is 50.7 Å². The number of hydrogen-bond donors (Lipinski definition) is 1. The van der Waals surface area contributed by atoms with Crippen LogP contribution in [0.3, 0.4) is 0 Å². The van der Waals surface area contributed by atoms with Crippen LogP contribution in [0, 0.1) is 0 Å². The molecule has 2 N–H and O–H groups in total. The Morgan fingerprint density at radius 3 is 2.33 bits per heavy atom. The van der Waals surface area contributed by atoms with Crippen LogP contribution in [-0.4, -0.2) is 71.0 Å². The van der Waals surface area contributed by atoms with Crippen molar-refractivity contribution in [3.63, 3.8) is 0 Å². The summed E-state index contributed by atoms with van der Waals surface area (Å²) in [6.45, 7) is 4.12. The maximum atomic E-state index is 13.8. The molecule has 2 aromatic carbocycles. The number of amides is 1. The average Bonchev–Trinajstić information content (AvgIpc) is 3.26. The van der Waals surface area contributed by atoms with Crippen LogP contribution in [0.5, 0.6) is 0 Å². The lowest BCUT2D eigenvalue weighted by Crippen LogP contribution is -2.52. The summed E-state index contributed by atoms with van der Waals surface area (Å²) in [7, 11) is 0. The predicted molar refractivity (Wildman–Crippen MR) is 153 cm³/mol. The lowest BCUT2D eigenvalue weighted by molar-refractivity contribution is -0.137. The van der Waals surface area contributed by atoms with E-state index in [9.17, 15) is 4.79 Å². The van der Waals surface area contributed by atoms with Crippen LogP contribution in [-0.2, 0) is 4.79 Å². The van der Waals surface area contributed by atoms with Gasteiger partial charge in [-0.15, -0.1) is 37.2 Å². The molecule has 3 heterocycles. The average molecular weight is 595 g/mol. The second kappa shape index (κ2) is 13.3. The van der Waals surface area contributed by atoms with Crippen molar-refractivity contribution < 1.29 is 4.79 Å². The Morgan fingerprint density at radius 2 is 1.67 bits per heavy atom. The number of para-hydroxylation sites is 1. The molecule has 2 saturated heterocycles. The molecule has 0 radical (unpaired) electrons. The van der Waals surface area contributed by atoms with Crippen molar-refractivity contribution in [1.29, 1.82) is 0 Å². The van der Waals surface area contributed by atoms with Gasteiger partial charge in [0.25, 0.3) is 0 Å². The number of rotatable bonds is 4. The Hall–Kier alpha value is -1.58. The molecule has 5 rings (SSSR count). The van der Waals surface area contributed by atoms with E-state index in [4.69, 9.17) is 28.9 Å². The van der Waals surface area contributed by atoms with Gasteiger partial charge in [0.2, 0.25) is 5.91 Å². The minimum Gasteiger partial charge on any atom is -0.352 e. The van der Waals surface area contributed by atoms with Crippen molar-refractivity contribution in [2.45, 2.75) is 18.5 Å². The van der Waals surface area contributed by atoms with E-state index >= 15 is 0 Å². The Kier molecular flexibility index (Phi) is 11.3. The summed E-state index contributed by atoms with van der Waals surface area (Å²) in [6.07, 6.45) is 2.48. The number of carbonyl (C=O) groups is 1. The normalized spacial score (nSPS) is 18.7. The molecule has 3 aromatic rings. The number of piperazine rings is 1. The molecule has 0 aliphatic carbocycles. The number of benzene rings is 2. The molecule has 2 atom stereocenters. The molecule has 36 heavy (non-hydrogen) atoms. The van der Waals surface area contributed by atoms with Crippen molar-refractivity contribution in [2.24, 2.45) is 5.73 Å². The number of nitrogens with zero attached hydrogens (tertiary/aromatic N) is 5. The van der Waals surface area contributed by atoms with Crippen molar-refractivity contribution >= 4 is 83.1 Å². The van der Waals surface area contributed by atoms with E-state index in [1.165, 1.54) is 0 Å². The van der Waals surface area contributed by atoms with Gasteiger partial charge in [-0.25, -0.2) is 9.97 Å². The van der Waals surface area contributed by atoms with E-state index < -0.39 is 6.04 Å². The quantitative estimate of drug-likeness (QED) is 0.475. The van der Waals surface area contributed by atoms with E-state index in [1.54, 1.807) is 18.5 Å². The third kappa shape index (κ3) is 6.27. The first kappa shape index (κ1) is 30.6. The number of likely N-dealkylation sites (tertiary alicyclic amines) is 1. The Labute approximate surface area is 239 Å². The van der Waals surface area contributed by atoms with Gasteiger partial charge in [0.1, 0.15) is 18.2 Å². The first-order valence-electron chi connectivity index (χ1n) is 11.2. The van der Waals surface area contributed by atoms with Crippen molar-refractivity contribution in [1.82, 2.24) is 19.8 Å². The van der Waals surface area contributed by atoms with Crippen LogP contribution in [0.4, 0.5) is 5.82 Å². The molecule has 1 amide bonds. The van der Waals surface area contributed by atoms with E-state index in [-0.39, 0.29) is 49.2 Å². The molecule has 196 valence electrons. The van der Waals surface area contributed by atoms with E-state index in [2.05, 4.69) is 19.8 Å². The molecule has 2 aliphatic heterocycles. The van der Waals surface area contributed by atoms with Crippen molar-refractivity contribution in [3.05, 3.63) is 64.4 Å². The number of anilines is 1. The first-order chi connectivity index (χ1) is 16.0. The molecule has 2 fully saturated rings. The van der Waals surface area contributed by atoms with Gasteiger partial charge < -0.3 is 15.5 Å². The molecule has 12 heteroatoms. The van der Waals surface area contributed by atoms with Crippen molar-refractivity contribution in [3.8, 4) is 0 Å². The predicted octanol–water partition coefficient (Wildman–Crippen LogP) is 4.62. The second-order valence-corrected chi connectivity index (χ2v) is 9.46. The summed E-state index contributed by atoms with van der Waals surface area (Å²) in [6, 6.07) is 13.1. The van der Waals surface area contributed by atoms with Gasteiger partial charge in [-0.2, -0.15) is 0 Å². The van der Waals surface area contributed by atoms with Gasteiger partial charge in [0.15, 0.2) is 0 Å². The maximum absolute atomic E-state index is 13.8. The van der Waals surface area contributed by atoms with Gasteiger partial charge >= 0.3 is 0 Å². The summed E-state index contributed by atoms with van der Waals surface area (Å²) >= 11 is 12.4. The highest BCUT2D eigenvalue weighted by Gasteiger charge is 2.36. The van der Waals surface area contributed by atoms with Gasteiger partial charge in [-0.1, -0.05) is 41.4 Å². The first-order valence-corrected chi connectivity index (χ1v) is 11.9. The molecule has 2 aliphatic rings. The zero-order chi connectivity index (χ0) is 22.9. The molecule has 0 spiro atoms. The fraction of sp³-hybridized carbons (Fsp3) is 0.375. The highest BCUT2D eigenvalue weighted by molar-refractivity contribution is 6.42. The highest BCUT2D eigenvalue weighted by Crippen LogP contribution is 2.32. The fourth-order valence-corrected chi connectivity index (χ4v) is 5.10. The van der Waals surface area contributed by atoms with E-state index in [1.807, 2.05) is 35.2 Å². The topological polar surface area (TPSA) is 78.6 Å². The number of aromatic nitrogens is 2. The molecular formula is C24H29Cl5N6O. The maximum Gasteiger partial charge on any atom is 0.244 e. The number of carbonyl (C=O) groups excluding carboxylic acids is 1. The smallest absolute Gasteiger partial charge is 0.244 e. The number of hydrogen-bond acceptors (Lipinski definition) is 6. The Balaban J connectivity index is 0.00000152. The molecule has 0 bridgehead atoms. The fourth-order valence-electron chi connectivity index (χ4n) is 4.80. The zero-order valence-corrected chi connectivity index (χ0v) is 23.4. The molecule has 1 aromatic heterocycles. The minimum absolute atomic E-state index is 0. The summed E-state index contributed by atoms with van der Waals surface area (Å²) in [4.78, 5) is 29.0. The molecular weight excluding hydrogens is 566 g/mol. The zero-order valence-electron chi connectivity index (χ0n) is 19.4. The second-order valence-electron chi connectivity index (χ2n) is 8.65. The van der Waals surface area contributed by atoms with Crippen LogP contribution < -0.4 is 10.6 Å². The third-order valence-electron chi connectivity index (χ3n) is 6.53. The lowest BCUT2D eigenvalue weighted by atomic mass is 10.0. The van der Waals surface area contributed by atoms with Crippen molar-refractivity contribution in [2.75, 3.05) is 44.2 Å². The van der Waals surface area contributed by atoms with E-state index in [0.29, 0.717) is 42.8 Å². The Morgan fingerprint density at radius 1 is 0.944 bits per heavy atom. The van der Waals surface area contributed by atoms with Crippen LogP contribution in [0.2, 0.25) is 10.0 Å². The number of nitrogens with two attached hydrogens (primary N) is 1. The summed E-state index contributed by atoms with van der Waals surface area (Å²) in [5.41, 5.74) is 7.95. The van der Waals surface area contributed by atoms with Gasteiger partial charge in [0.05, 0.1) is 15.6 Å². The number of fused-ring (bicyclic) bond motifs is 1. The molecule has 7 nitrogen and oxygen atoms in total. The SMILES string of the molecule is Cl.Cl.Cl.N[C@@H]1CCN(C(C(=O)N2CCN(c3ncnc4ccccc34)CC2)c2ccc(Cl)c(Cl)c2)C1. The summed E-state index contributed by atoms with van der Waals surface area (Å²) < 4.78 is 0. The lowest BCUT2D eigenvalue weighted by Gasteiger charge is -2.39. The summed E-state index contributed by atoms with van der Waals surface area (Å²) in [5.74, 6) is 0.994. The van der Waals surface area contributed by atoms with Crippen LogP contribution in [0.15, 0.2) is 48.8 Å². The van der Waals surface area contributed by atoms with Gasteiger partial charge in [-0.3, -0.25) is 9.69 Å². The van der Waals surface area contributed by atoms with Crippen LogP contribution >= 0.6 is 60.4 Å².